The van der Waals surface area contributed by atoms with Gasteiger partial charge in [0.1, 0.15) is 29.4 Å². The molecule has 3 N–H and O–H groups in total. The summed E-state index contributed by atoms with van der Waals surface area (Å²) in [6.07, 6.45) is 0.416. The van der Waals surface area contributed by atoms with E-state index in [0.29, 0.717) is 22.9 Å². The SMILES string of the molecule is Cn1nnnc1SCC1=C(C(=O)O)N2C(=O)C(NC(=O)C(=NOCCOC=O)c3csc(NC=O)n3)[C@@H]2SC1. The van der Waals surface area contributed by atoms with Crippen LogP contribution in [0.3, 0.4) is 0 Å². The summed E-state index contributed by atoms with van der Waals surface area (Å²) >= 11 is 3.56. The molecule has 2 aromatic rings. The van der Waals surface area contributed by atoms with Gasteiger partial charge in [0.15, 0.2) is 17.5 Å². The van der Waals surface area contributed by atoms with Crippen molar-refractivity contribution in [2.24, 2.45) is 12.2 Å². The maximum atomic E-state index is 13.1. The fraction of sp³-hybridized carbons (Fsp3) is 0.368. The second-order valence-electron chi connectivity index (χ2n) is 7.53. The van der Waals surface area contributed by atoms with Crippen LogP contribution < -0.4 is 10.6 Å². The number of aryl methyl sites for hydroxylation is 1. The van der Waals surface area contributed by atoms with Gasteiger partial charge in [-0.3, -0.25) is 24.1 Å². The highest BCUT2D eigenvalue weighted by molar-refractivity contribution is 8.01. The van der Waals surface area contributed by atoms with Gasteiger partial charge in [-0.25, -0.2) is 14.5 Å². The Balaban J connectivity index is 1.48. The number of nitrogens with one attached hydrogen (secondary N) is 2. The number of rotatable bonds is 14. The summed E-state index contributed by atoms with van der Waals surface area (Å²) in [4.78, 5) is 69.5. The van der Waals surface area contributed by atoms with Crippen LogP contribution in [-0.2, 0) is 40.6 Å². The van der Waals surface area contributed by atoms with Gasteiger partial charge >= 0.3 is 5.97 Å². The van der Waals surface area contributed by atoms with Gasteiger partial charge in [0, 0.05) is 23.9 Å². The maximum Gasteiger partial charge on any atom is 0.352 e. The van der Waals surface area contributed by atoms with Crippen molar-refractivity contribution in [2.75, 3.05) is 30.0 Å². The first kappa shape index (κ1) is 28.0. The van der Waals surface area contributed by atoms with Gasteiger partial charge in [0.05, 0.1) is 0 Å². The number of thiazole rings is 1. The Morgan fingerprint density at radius 2 is 2.18 bits per heavy atom. The summed E-state index contributed by atoms with van der Waals surface area (Å²) in [5.74, 6) is -2.14. The number of hydrogen-bond acceptors (Lipinski definition) is 15. The molecule has 39 heavy (non-hydrogen) atoms. The van der Waals surface area contributed by atoms with Crippen LogP contribution in [0.25, 0.3) is 0 Å². The predicted octanol–water partition coefficient (Wildman–Crippen LogP) is -1.34. The number of ether oxygens (including phenoxy) is 1. The molecule has 2 aliphatic heterocycles. The summed E-state index contributed by atoms with van der Waals surface area (Å²) < 4.78 is 5.96. The molecule has 206 valence electrons. The van der Waals surface area contributed by atoms with E-state index >= 15 is 0 Å². The number of carbonyl (C=O) groups is 5. The smallest absolute Gasteiger partial charge is 0.352 e. The molecule has 17 nitrogen and oxygen atoms in total. The standard InChI is InChI=1S/C19H19N9O8S3/c1-27-19(23-25-26-27)39-5-9-4-37-16-12(15(32)28(16)13(9)17(33)34)22-14(31)11(24-36-3-2-35-8-30)10-6-38-18(21-10)20-7-29/h6-8,12,16H,2-5H2,1H3,(H,22,31)(H,33,34)(H,20,21,29)/t12?,16-/m0/s1. The van der Waals surface area contributed by atoms with E-state index in [-0.39, 0.29) is 47.7 Å². The Labute approximate surface area is 231 Å². The number of fused-ring (bicyclic) bond motifs is 1. The fourth-order valence-electron chi connectivity index (χ4n) is 3.45. The van der Waals surface area contributed by atoms with Crippen molar-refractivity contribution >= 4 is 76.4 Å². The second-order valence-corrected chi connectivity index (χ2v) is 10.4. The van der Waals surface area contributed by atoms with E-state index in [1.54, 1.807) is 7.05 Å². The van der Waals surface area contributed by atoms with Gasteiger partial charge in [0.25, 0.3) is 18.3 Å². The molecule has 0 saturated carbocycles. The van der Waals surface area contributed by atoms with Crippen LogP contribution in [0.2, 0.25) is 0 Å². The van der Waals surface area contributed by atoms with Gasteiger partial charge in [0.2, 0.25) is 11.6 Å². The number of tetrazole rings is 1. The highest BCUT2D eigenvalue weighted by atomic mass is 32.2. The maximum absolute atomic E-state index is 13.1. The summed E-state index contributed by atoms with van der Waals surface area (Å²) in [5.41, 5.74) is 0.127. The third-order valence-corrected chi connectivity index (χ3v) is 8.36. The van der Waals surface area contributed by atoms with E-state index in [9.17, 15) is 29.1 Å². The van der Waals surface area contributed by atoms with E-state index in [1.165, 1.54) is 33.6 Å². The van der Waals surface area contributed by atoms with Gasteiger partial charge < -0.3 is 25.3 Å². The Hall–Kier alpha value is -4.04. The average Bonchev–Trinajstić information content (AvgIpc) is 3.56. The van der Waals surface area contributed by atoms with Crippen molar-refractivity contribution in [2.45, 2.75) is 16.6 Å². The molecule has 1 fully saturated rings. The largest absolute Gasteiger partial charge is 0.477 e. The summed E-state index contributed by atoms with van der Waals surface area (Å²) in [7, 11) is 1.65. The van der Waals surface area contributed by atoms with Crippen molar-refractivity contribution in [3.05, 3.63) is 22.3 Å². The number of carboxylic acid groups (broad SMARTS) is 1. The molecule has 1 unspecified atom stereocenters. The number of hydrogen-bond donors (Lipinski definition) is 3. The molecular formula is C19H19N9O8S3. The molecule has 0 aliphatic carbocycles. The highest BCUT2D eigenvalue weighted by Gasteiger charge is 2.54. The third kappa shape index (κ3) is 6.17. The zero-order valence-corrected chi connectivity index (χ0v) is 22.3. The lowest BCUT2D eigenvalue weighted by Gasteiger charge is -2.49. The number of oxime groups is 1. The lowest BCUT2D eigenvalue weighted by atomic mass is 10.0. The zero-order valence-electron chi connectivity index (χ0n) is 19.9. The number of anilines is 1. The summed E-state index contributed by atoms with van der Waals surface area (Å²) in [6.45, 7) is -0.0549. The predicted molar refractivity (Wildman–Crippen MR) is 136 cm³/mol. The molecule has 1 saturated heterocycles. The molecule has 0 spiro atoms. The molecular weight excluding hydrogens is 578 g/mol. The first-order valence-corrected chi connectivity index (χ1v) is 13.7. The van der Waals surface area contributed by atoms with Crippen LogP contribution in [0.5, 0.6) is 0 Å². The van der Waals surface area contributed by atoms with E-state index in [2.05, 4.69) is 41.0 Å². The van der Waals surface area contributed by atoms with Gasteiger partial charge in [-0.2, -0.15) is 0 Å². The monoisotopic (exact) mass is 597 g/mol. The molecule has 20 heteroatoms. The summed E-state index contributed by atoms with van der Waals surface area (Å²) in [5, 5.41) is 31.2. The minimum Gasteiger partial charge on any atom is -0.477 e. The van der Waals surface area contributed by atoms with Gasteiger partial charge in [-0.15, -0.1) is 28.2 Å². The molecule has 2 atom stereocenters. The molecule has 0 aromatic carbocycles. The zero-order chi connectivity index (χ0) is 27.9. The van der Waals surface area contributed by atoms with Crippen LogP contribution in [0.4, 0.5) is 5.13 Å². The van der Waals surface area contributed by atoms with Crippen LogP contribution in [0.1, 0.15) is 5.69 Å². The molecule has 2 aliphatic rings. The minimum absolute atomic E-state index is 0.0572. The lowest BCUT2D eigenvalue weighted by Crippen LogP contribution is -2.71. The minimum atomic E-state index is -1.27. The number of thioether (sulfide) groups is 2. The number of aliphatic carboxylic acids is 1. The van der Waals surface area contributed by atoms with Crippen LogP contribution >= 0.6 is 34.9 Å². The lowest BCUT2D eigenvalue weighted by molar-refractivity contribution is -0.150. The van der Waals surface area contributed by atoms with E-state index < -0.39 is 29.2 Å². The van der Waals surface area contributed by atoms with Crippen molar-refractivity contribution in [1.29, 1.82) is 0 Å². The molecule has 3 amide bonds. The molecule has 0 radical (unpaired) electrons. The Morgan fingerprint density at radius 1 is 1.36 bits per heavy atom. The van der Waals surface area contributed by atoms with E-state index in [1.807, 2.05) is 0 Å². The van der Waals surface area contributed by atoms with Crippen LogP contribution in [0, 0.1) is 0 Å². The van der Waals surface area contributed by atoms with E-state index in [4.69, 9.17) is 4.84 Å². The quantitative estimate of drug-likeness (QED) is 0.0573. The van der Waals surface area contributed by atoms with E-state index in [0.717, 1.165) is 16.2 Å². The number of amides is 3. The number of β-lactam (4-membered cyclic amide) rings is 1. The Kier molecular flexibility index (Phi) is 9.09. The van der Waals surface area contributed by atoms with Crippen molar-refractivity contribution in [3.8, 4) is 0 Å². The molecule has 4 heterocycles. The Bertz CT molecular complexity index is 1340. The molecule has 0 bridgehead atoms. The first-order valence-electron chi connectivity index (χ1n) is 10.8. The first-order chi connectivity index (χ1) is 18.8. The summed E-state index contributed by atoms with van der Waals surface area (Å²) in [6, 6.07) is -1.04. The van der Waals surface area contributed by atoms with Crippen molar-refractivity contribution in [3.63, 3.8) is 0 Å². The number of carboxylic acids is 1. The van der Waals surface area contributed by atoms with Crippen LogP contribution in [0.15, 0.2) is 27.0 Å². The van der Waals surface area contributed by atoms with Gasteiger partial charge in [-0.1, -0.05) is 16.9 Å². The second kappa shape index (κ2) is 12.7. The average molecular weight is 598 g/mol. The number of carbonyl (C=O) groups excluding carboxylic acids is 4. The van der Waals surface area contributed by atoms with Crippen molar-refractivity contribution in [1.82, 2.24) is 35.4 Å². The Morgan fingerprint density at radius 3 is 2.87 bits per heavy atom. The number of aromatic nitrogens is 5. The molecule has 4 rings (SSSR count). The van der Waals surface area contributed by atoms with Gasteiger partial charge in [-0.05, 0) is 16.0 Å². The third-order valence-electron chi connectivity index (χ3n) is 5.15. The fourth-order valence-corrected chi connectivity index (χ4v) is 6.44. The molecule has 2 aromatic heterocycles. The normalized spacial score (nSPS) is 18.6. The van der Waals surface area contributed by atoms with Crippen LogP contribution in [-0.4, -0.2) is 108 Å². The topological polar surface area (TPSA) is 220 Å². The highest BCUT2D eigenvalue weighted by Crippen LogP contribution is 2.41. The van der Waals surface area contributed by atoms with Crippen molar-refractivity contribution < 1.29 is 38.7 Å². The number of nitrogens with zero attached hydrogens (tertiary/aromatic N) is 7.